The summed E-state index contributed by atoms with van der Waals surface area (Å²) in [5.74, 6) is 0. The fourth-order valence-corrected chi connectivity index (χ4v) is 2.09. The van der Waals surface area contributed by atoms with Crippen LogP contribution in [0.2, 0.25) is 10.0 Å². The third kappa shape index (κ3) is 2.64. The number of pyridine rings is 1. The zero-order valence-corrected chi connectivity index (χ0v) is 11.3. The van der Waals surface area contributed by atoms with Gasteiger partial charge in [0.2, 0.25) is 0 Å². The molecule has 0 spiro atoms. The Bertz CT molecular complexity index is 630. The van der Waals surface area contributed by atoms with Gasteiger partial charge in [-0.05, 0) is 36.8 Å². The third-order valence-corrected chi connectivity index (χ3v) is 3.23. The van der Waals surface area contributed by atoms with Crippen LogP contribution in [0.5, 0.6) is 0 Å². The Balaban J connectivity index is 2.49. The summed E-state index contributed by atoms with van der Waals surface area (Å²) in [7, 11) is 0. The van der Waals surface area contributed by atoms with Crippen molar-refractivity contribution in [3.05, 3.63) is 51.6 Å². The zero-order chi connectivity index (χ0) is 13.1. The van der Waals surface area contributed by atoms with Crippen LogP contribution in [0.25, 0.3) is 11.3 Å². The van der Waals surface area contributed by atoms with Crippen molar-refractivity contribution in [3.63, 3.8) is 0 Å². The van der Waals surface area contributed by atoms with Gasteiger partial charge in [-0.25, -0.2) is 0 Å². The number of nitriles is 1. The smallest absolute Gasteiger partial charge is 0.0720 e. The van der Waals surface area contributed by atoms with Crippen LogP contribution in [0.1, 0.15) is 11.3 Å². The maximum Gasteiger partial charge on any atom is 0.0720 e. The lowest BCUT2D eigenvalue weighted by Crippen LogP contribution is -1.94. The molecule has 0 N–H and O–H groups in total. The first-order valence-corrected chi connectivity index (χ1v) is 6.16. The van der Waals surface area contributed by atoms with Gasteiger partial charge in [-0.1, -0.05) is 29.3 Å². The summed E-state index contributed by atoms with van der Waals surface area (Å²) in [5, 5.41) is 9.93. The molecule has 1 heterocycles. The Morgan fingerprint density at radius 3 is 2.67 bits per heavy atom. The lowest BCUT2D eigenvalue weighted by molar-refractivity contribution is 1.11. The molecule has 18 heavy (non-hydrogen) atoms. The quantitative estimate of drug-likeness (QED) is 0.814. The number of nitrogens with zero attached hydrogens (tertiary/aromatic N) is 2. The van der Waals surface area contributed by atoms with Gasteiger partial charge in [0.05, 0.1) is 23.2 Å². The molecular weight excluding hydrogens is 267 g/mol. The first-order chi connectivity index (χ1) is 8.61. The van der Waals surface area contributed by atoms with Gasteiger partial charge in [-0.3, -0.25) is 4.98 Å². The fourth-order valence-electron chi connectivity index (χ4n) is 1.71. The first-order valence-electron chi connectivity index (χ1n) is 5.40. The average Bonchev–Trinajstić information content (AvgIpc) is 2.35. The highest BCUT2D eigenvalue weighted by Crippen LogP contribution is 2.29. The van der Waals surface area contributed by atoms with Gasteiger partial charge < -0.3 is 0 Å². The van der Waals surface area contributed by atoms with Gasteiger partial charge in [0.1, 0.15) is 0 Å². The number of halogens is 2. The van der Waals surface area contributed by atoms with E-state index in [0.29, 0.717) is 16.5 Å². The lowest BCUT2D eigenvalue weighted by Gasteiger charge is -2.07. The van der Waals surface area contributed by atoms with E-state index in [2.05, 4.69) is 11.1 Å². The van der Waals surface area contributed by atoms with Crippen molar-refractivity contribution in [2.75, 3.05) is 0 Å². The topological polar surface area (TPSA) is 36.7 Å². The second-order valence-corrected chi connectivity index (χ2v) is 4.74. The van der Waals surface area contributed by atoms with Crippen LogP contribution in [0.4, 0.5) is 0 Å². The van der Waals surface area contributed by atoms with Crippen LogP contribution in [0.3, 0.4) is 0 Å². The van der Waals surface area contributed by atoms with Crippen LogP contribution in [-0.2, 0) is 6.42 Å². The van der Waals surface area contributed by atoms with E-state index in [-0.39, 0.29) is 0 Å². The normalized spacial score (nSPS) is 10.1. The molecule has 1 aromatic heterocycles. The molecule has 0 aliphatic carbocycles. The Labute approximate surface area is 116 Å². The van der Waals surface area contributed by atoms with Gasteiger partial charge in [0.25, 0.3) is 0 Å². The number of rotatable bonds is 2. The van der Waals surface area contributed by atoms with Crippen molar-refractivity contribution in [3.8, 4) is 17.3 Å². The van der Waals surface area contributed by atoms with Gasteiger partial charge in [-0.15, -0.1) is 0 Å². The third-order valence-electron chi connectivity index (χ3n) is 2.67. The molecule has 0 fully saturated rings. The molecule has 0 atom stereocenters. The highest BCUT2D eigenvalue weighted by Gasteiger charge is 2.08. The molecule has 4 heteroatoms. The summed E-state index contributed by atoms with van der Waals surface area (Å²) < 4.78 is 0. The first kappa shape index (κ1) is 12.9. The summed E-state index contributed by atoms with van der Waals surface area (Å²) in [4.78, 5) is 4.47. The standard InChI is InChI=1S/C14H10Cl2N2/c1-9-10(6-7-17)2-5-14(18-9)12-8-11(15)3-4-13(12)16/h2-5,8H,6H2,1H3. The minimum Gasteiger partial charge on any atom is -0.253 e. The predicted molar refractivity (Wildman–Crippen MR) is 73.7 cm³/mol. The number of hydrogen-bond donors (Lipinski definition) is 0. The van der Waals surface area contributed by atoms with Crippen LogP contribution in [-0.4, -0.2) is 4.98 Å². The monoisotopic (exact) mass is 276 g/mol. The molecular formula is C14H10Cl2N2. The molecule has 0 saturated carbocycles. The molecule has 0 aliphatic rings. The summed E-state index contributed by atoms with van der Waals surface area (Å²) in [6.07, 6.45) is 0.363. The Hall–Kier alpha value is -1.56. The molecule has 0 bridgehead atoms. The maximum absolute atomic E-state index is 8.69. The molecule has 0 radical (unpaired) electrons. The van der Waals surface area contributed by atoms with E-state index in [1.807, 2.05) is 19.1 Å². The minimum absolute atomic E-state index is 0.363. The number of benzene rings is 1. The number of aryl methyl sites for hydroxylation is 1. The number of aromatic nitrogens is 1. The minimum atomic E-state index is 0.363. The van der Waals surface area contributed by atoms with E-state index in [4.69, 9.17) is 28.5 Å². The SMILES string of the molecule is Cc1nc(-c2cc(Cl)ccc2Cl)ccc1CC#N. The summed E-state index contributed by atoms with van der Waals surface area (Å²) >= 11 is 12.1. The highest BCUT2D eigenvalue weighted by atomic mass is 35.5. The van der Waals surface area contributed by atoms with Gasteiger partial charge in [-0.2, -0.15) is 5.26 Å². The molecule has 0 amide bonds. The van der Waals surface area contributed by atoms with E-state index >= 15 is 0 Å². The highest BCUT2D eigenvalue weighted by molar-refractivity contribution is 6.35. The fraction of sp³-hybridized carbons (Fsp3) is 0.143. The van der Waals surface area contributed by atoms with Crippen LogP contribution in [0, 0.1) is 18.3 Å². The van der Waals surface area contributed by atoms with E-state index in [1.54, 1.807) is 18.2 Å². The predicted octanol–water partition coefficient (Wildman–Crippen LogP) is 4.43. The van der Waals surface area contributed by atoms with Crippen molar-refractivity contribution >= 4 is 23.2 Å². The van der Waals surface area contributed by atoms with E-state index < -0.39 is 0 Å². The molecule has 0 unspecified atom stereocenters. The maximum atomic E-state index is 8.69. The van der Waals surface area contributed by atoms with E-state index in [0.717, 1.165) is 22.5 Å². The van der Waals surface area contributed by atoms with Crippen molar-refractivity contribution in [2.24, 2.45) is 0 Å². The Kier molecular flexibility index (Phi) is 3.86. The van der Waals surface area contributed by atoms with E-state index in [1.165, 1.54) is 0 Å². The molecule has 0 saturated heterocycles. The average molecular weight is 277 g/mol. The van der Waals surface area contributed by atoms with Gasteiger partial charge in [0.15, 0.2) is 0 Å². The molecule has 0 aliphatic heterocycles. The largest absolute Gasteiger partial charge is 0.253 e. The second kappa shape index (κ2) is 5.39. The van der Waals surface area contributed by atoms with Crippen LogP contribution in [0.15, 0.2) is 30.3 Å². The molecule has 2 aromatic rings. The number of hydrogen-bond acceptors (Lipinski definition) is 2. The zero-order valence-electron chi connectivity index (χ0n) is 9.74. The van der Waals surface area contributed by atoms with Crippen LogP contribution < -0.4 is 0 Å². The molecule has 2 nitrogen and oxygen atoms in total. The summed E-state index contributed by atoms with van der Waals surface area (Å²) in [5.41, 5.74) is 3.34. The lowest BCUT2D eigenvalue weighted by atomic mass is 10.1. The second-order valence-electron chi connectivity index (χ2n) is 3.90. The van der Waals surface area contributed by atoms with Crippen molar-refractivity contribution in [1.29, 1.82) is 5.26 Å². The molecule has 1 aromatic carbocycles. The van der Waals surface area contributed by atoms with Crippen molar-refractivity contribution < 1.29 is 0 Å². The van der Waals surface area contributed by atoms with Gasteiger partial charge in [0, 0.05) is 16.3 Å². The van der Waals surface area contributed by atoms with Crippen molar-refractivity contribution in [2.45, 2.75) is 13.3 Å². The van der Waals surface area contributed by atoms with Gasteiger partial charge >= 0.3 is 0 Å². The molecule has 2 rings (SSSR count). The summed E-state index contributed by atoms with van der Waals surface area (Å²) in [6, 6.07) is 11.2. The Morgan fingerprint density at radius 2 is 2.00 bits per heavy atom. The molecule has 90 valence electrons. The van der Waals surface area contributed by atoms with E-state index in [9.17, 15) is 0 Å². The Morgan fingerprint density at radius 1 is 1.22 bits per heavy atom. The van der Waals surface area contributed by atoms with Crippen LogP contribution >= 0.6 is 23.2 Å². The van der Waals surface area contributed by atoms with Crippen molar-refractivity contribution in [1.82, 2.24) is 4.98 Å². The summed E-state index contributed by atoms with van der Waals surface area (Å²) in [6.45, 7) is 1.88.